The summed E-state index contributed by atoms with van der Waals surface area (Å²) >= 11 is 1.25. The van der Waals surface area contributed by atoms with Gasteiger partial charge in [-0.2, -0.15) is 9.47 Å². The lowest BCUT2D eigenvalue weighted by Crippen LogP contribution is -2.20. The average molecular weight is 238 g/mol. The molecule has 3 N–H and O–H groups in total. The Morgan fingerprint density at radius 3 is 2.81 bits per heavy atom. The monoisotopic (exact) mass is 238 g/mol. The zero-order chi connectivity index (χ0) is 11.7. The minimum Gasteiger partial charge on any atom is -0.389 e. The van der Waals surface area contributed by atoms with Crippen LogP contribution in [-0.4, -0.2) is 16.0 Å². The van der Waals surface area contributed by atoms with Crippen molar-refractivity contribution in [3.8, 4) is 0 Å². The molecule has 0 atom stereocenters. The average Bonchev–Trinajstić information content (AvgIpc) is 3.02. The standard InChI is InChI=1S/C10H14N4OS/c1-5(8-6(2)14-16-9(8)11)12-13-10(15)7-3-4-7/h7H,3-4,11H2,1-2H3,(H,13,15)/b12-5-. The maximum Gasteiger partial charge on any atom is 0.243 e. The van der Waals surface area contributed by atoms with Gasteiger partial charge in [0.1, 0.15) is 5.00 Å². The molecule has 5 nitrogen and oxygen atoms in total. The number of anilines is 1. The number of hydrogen-bond acceptors (Lipinski definition) is 5. The number of aryl methyl sites for hydroxylation is 1. The van der Waals surface area contributed by atoms with Crippen LogP contribution in [0.2, 0.25) is 0 Å². The number of nitrogens with zero attached hydrogens (tertiary/aromatic N) is 2. The largest absolute Gasteiger partial charge is 0.389 e. The second-order valence-electron chi connectivity index (χ2n) is 3.95. The lowest BCUT2D eigenvalue weighted by molar-refractivity contribution is -0.122. The first-order valence-corrected chi connectivity index (χ1v) is 5.93. The molecule has 86 valence electrons. The van der Waals surface area contributed by atoms with Gasteiger partial charge in [0, 0.05) is 5.92 Å². The lowest BCUT2D eigenvalue weighted by atomic mass is 10.2. The third-order valence-electron chi connectivity index (χ3n) is 2.53. The van der Waals surface area contributed by atoms with Gasteiger partial charge in [0.2, 0.25) is 5.91 Å². The van der Waals surface area contributed by atoms with Crippen molar-refractivity contribution in [2.24, 2.45) is 11.0 Å². The van der Waals surface area contributed by atoms with Crippen LogP contribution in [-0.2, 0) is 4.79 Å². The molecule has 6 heteroatoms. The molecule has 0 bridgehead atoms. The Morgan fingerprint density at radius 1 is 1.62 bits per heavy atom. The molecule has 0 unspecified atom stereocenters. The number of carbonyl (C=O) groups excluding carboxylic acids is 1. The van der Waals surface area contributed by atoms with E-state index in [2.05, 4.69) is 14.9 Å². The summed E-state index contributed by atoms with van der Waals surface area (Å²) in [7, 11) is 0. The van der Waals surface area contributed by atoms with E-state index in [1.54, 1.807) is 0 Å². The summed E-state index contributed by atoms with van der Waals surface area (Å²) in [5, 5.41) is 4.69. The molecule has 1 fully saturated rings. The first-order chi connectivity index (χ1) is 7.59. The molecule has 0 spiro atoms. The summed E-state index contributed by atoms with van der Waals surface area (Å²) in [4.78, 5) is 11.4. The molecule has 0 aromatic carbocycles. The van der Waals surface area contributed by atoms with Gasteiger partial charge in [-0.05, 0) is 38.2 Å². The van der Waals surface area contributed by atoms with Crippen molar-refractivity contribution in [1.29, 1.82) is 0 Å². The highest BCUT2D eigenvalue weighted by Gasteiger charge is 2.29. The van der Waals surface area contributed by atoms with Gasteiger partial charge in [-0.3, -0.25) is 4.79 Å². The third-order valence-corrected chi connectivity index (χ3v) is 3.30. The van der Waals surface area contributed by atoms with Crippen molar-refractivity contribution in [2.75, 3.05) is 5.73 Å². The highest BCUT2D eigenvalue weighted by atomic mass is 32.1. The smallest absolute Gasteiger partial charge is 0.243 e. The van der Waals surface area contributed by atoms with Crippen LogP contribution in [0.1, 0.15) is 31.0 Å². The topological polar surface area (TPSA) is 80.4 Å². The van der Waals surface area contributed by atoms with E-state index in [9.17, 15) is 4.79 Å². The van der Waals surface area contributed by atoms with Crippen LogP contribution in [0.15, 0.2) is 5.10 Å². The molecule has 16 heavy (non-hydrogen) atoms. The minimum atomic E-state index is -0.00115. The Balaban J connectivity index is 2.08. The molecule has 1 aromatic heterocycles. The van der Waals surface area contributed by atoms with Gasteiger partial charge in [0.25, 0.3) is 0 Å². The lowest BCUT2D eigenvalue weighted by Gasteiger charge is -2.01. The van der Waals surface area contributed by atoms with Gasteiger partial charge in [-0.15, -0.1) is 0 Å². The molecule has 1 aromatic rings. The number of rotatable bonds is 3. The summed E-state index contributed by atoms with van der Waals surface area (Å²) in [6.07, 6.45) is 1.95. The van der Waals surface area contributed by atoms with E-state index in [-0.39, 0.29) is 11.8 Å². The molecule has 1 amide bonds. The number of aromatic nitrogens is 1. The van der Waals surface area contributed by atoms with Crippen molar-refractivity contribution < 1.29 is 4.79 Å². The van der Waals surface area contributed by atoms with E-state index in [1.807, 2.05) is 13.8 Å². The molecule has 1 aliphatic rings. The Labute approximate surface area is 97.9 Å². The summed E-state index contributed by atoms with van der Waals surface area (Å²) in [5.41, 5.74) is 10.7. The number of nitrogens with one attached hydrogen (secondary N) is 1. The SMILES string of the molecule is C/C(=N/NC(=O)C1CC1)c1c(C)nsc1N. The number of hydrazone groups is 1. The van der Waals surface area contributed by atoms with Crippen LogP contribution in [0, 0.1) is 12.8 Å². The second kappa shape index (κ2) is 4.21. The normalized spacial score (nSPS) is 16.2. The number of carbonyl (C=O) groups is 1. The number of amides is 1. The van der Waals surface area contributed by atoms with Crippen molar-refractivity contribution in [3.63, 3.8) is 0 Å². The number of hydrogen-bond donors (Lipinski definition) is 2. The maximum absolute atomic E-state index is 11.4. The van der Waals surface area contributed by atoms with Crippen molar-refractivity contribution in [3.05, 3.63) is 11.3 Å². The highest BCUT2D eigenvalue weighted by Crippen LogP contribution is 2.28. The first-order valence-electron chi connectivity index (χ1n) is 5.16. The van der Waals surface area contributed by atoms with E-state index >= 15 is 0 Å². The summed E-state index contributed by atoms with van der Waals surface area (Å²) in [6.45, 7) is 3.70. The molecule has 0 aliphatic heterocycles. The molecule has 1 saturated carbocycles. The second-order valence-corrected chi connectivity index (χ2v) is 4.76. The highest BCUT2D eigenvalue weighted by molar-refractivity contribution is 7.10. The third kappa shape index (κ3) is 2.21. The molecular weight excluding hydrogens is 224 g/mol. The molecule has 0 saturated heterocycles. The van der Waals surface area contributed by atoms with Crippen LogP contribution in [0.4, 0.5) is 5.00 Å². The fourth-order valence-corrected chi connectivity index (χ4v) is 2.17. The van der Waals surface area contributed by atoms with E-state index in [0.717, 1.165) is 24.1 Å². The molecule has 1 heterocycles. The molecule has 0 radical (unpaired) electrons. The molecule has 2 rings (SSSR count). The van der Waals surface area contributed by atoms with Crippen LogP contribution < -0.4 is 11.2 Å². The predicted octanol–water partition coefficient (Wildman–Crippen LogP) is 1.28. The summed E-state index contributed by atoms with van der Waals surface area (Å²) in [5.74, 6) is 0.161. The van der Waals surface area contributed by atoms with Gasteiger partial charge in [-0.1, -0.05) is 0 Å². The fraction of sp³-hybridized carbons (Fsp3) is 0.500. The summed E-state index contributed by atoms with van der Waals surface area (Å²) < 4.78 is 4.13. The Kier molecular flexibility index (Phi) is 2.91. The Bertz CT molecular complexity index is 428. The van der Waals surface area contributed by atoms with Crippen LogP contribution >= 0.6 is 11.5 Å². The van der Waals surface area contributed by atoms with Gasteiger partial charge < -0.3 is 5.73 Å². The predicted molar refractivity (Wildman–Crippen MR) is 64.3 cm³/mol. The quantitative estimate of drug-likeness (QED) is 0.615. The first kappa shape index (κ1) is 11.1. The molecule has 1 aliphatic carbocycles. The van der Waals surface area contributed by atoms with E-state index < -0.39 is 0 Å². The van der Waals surface area contributed by atoms with Crippen LogP contribution in [0.5, 0.6) is 0 Å². The van der Waals surface area contributed by atoms with E-state index in [4.69, 9.17) is 5.73 Å². The minimum absolute atomic E-state index is 0.00115. The van der Waals surface area contributed by atoms with E-state index in [1.165, 1.54) is 11.5 Å². The molecular formula is C10H14N4OS. The van der Waals surface area contributed by atoms with Crippen LogP contribution in [0.3, 0.4) is 0 Å². The summed E-state index contributed by atoms with van der Waals surface area (Å²) in [6, 6.07) is 0. The zero-order valence-electron chi connectivity index (χ0n) is 9.28. The fourth-order valence-electron chi connectivity index (χ4n) is 1.46. The van der Waals surface area contributed by atoms with Gasteiger partial charge >= 0.3 is 0 Å². The Morgan fingerprint density at radius 2 is 2.31 bits per heavy atom. The number of nitrogens with two attached hydrogens (primary N) is 1. The van der Waals surface area contributed by atoms with Gasteiger partial charge in [-0.25, -0.2) is 5.43 Å². The van der Waals surface area contributed by atoms with Gasteiger partial charge in [0.05, 0.1) is 17.0 Å². The van der Waals surface area contributed by atoms with Crippen LogP contribution in [0.25, 0.3) is 0 Å². The Hall–Kier alpha value is -1.43. The van der Waals surface area contributed by atoms with Crippen molar-refractivity contribution in [1.82, 2.24) is 9.80 Å². The maximum atomic E-state index is 11.4. The van der Waals surface area contributed by atoms with Crippen molar-refractivity contribution in [2.45, 2.75) is 26.7 Å². The van der Waals surface area contributed by atoms with Gasteiger partial charge in [0.15, 0.2) is 0 Å². The van der Waals surface area contributed by atoms with Crippen molar-refractivity contribution >= 4 is 28.2 Å². The van der Waals surface area contributed by atoms with E-state index in [0.29, 0.717) is 10.7 Å². The number of nitrogen functional groups attached to an aromatic ring is 1. The zero-order valence-corrected chi connectivity index (χ0v) is 10.1.